The van der Waals surface area contributed by atoms with Crippen LogP contribution in [-0.4, -0.2) is 26.8 Å². The van der Waals surface area contributed by atoms with E-state index in [0.717, 1.165) is 5.56 Å². The number of benzene rings is 1. The van der Waals surface area contributed by atoms with Crippen molar-refractivity contribution >= 4 is 29.2 Å². The van der Waals surface area contributed by atoms with Crippen LogP contribution in [0.2, 0.25) is 5.02 Å². The zero-order valence-electron chi connectivity index (χ0n) is 12.9. The highest BCUT2D eigenvalue weighted by Crippen LogP contribution is 2.18. The third-order valence-electron chi connectivity index (χ3n) is 3.48. The molecule has 23 heavy (non-hydrogen) atoms. The first-order chi connectivity index (χ1) is 10.9. The number of hydrogen-bond donors (Lipinski definition) is 2. The Kier molecular flexibility index (Phi) is 5.39. The largest absolute Gasteiger partial charge is 0.481 e. The van der Waals surface area contributed by atoms with Crippen molar-refractivity contribution in [2.75, 3.05) is 5.32 Å². The number of rotatable bonds is 6. The Balaban J connectivity index is 2.07. The second-order valence-corrected chi connectivity index (χ2v) is 5.66. The average molecular weight is 336 g/mol. The molecule has 1 heterocycles. The van der Waals surface area contributed by atoms with Gasteiger partial charge in [-0.2, -0.15) is 5.10 Å². The summed E-state index contributed by atoms with van der Waals surface area (Å²) in [7, 11) is 0. The Labute approximate surface area is 139 Å². The fraction of sp³-hybridized carbons (Fsp3) is 0.312. The number of carbonyl (C=O) groups excluding carboxylic acids is 1. The maximum Gasteiger partial charge on any atom is 0.306 e. The second kappa shape index (κ2) is 7.28. The minimum Gasteiger partial charge on any atom is -0.481 e. The van der Waals surface area contributed by atoms with Gasteiger partial charge in [0.05, 0.1) is 17.1 Å². The van der Waals surface area contributed by atoms with Gasteiger partial charge in [-0.1, -0.05) is 30.7 Å². The molecule has 0 bridgehead atoms. The first kappa shape index (κ1) is 17.0. The fourth-order valence-electron chi connectivity index (χ4n) is 2.18. The van der Waals surface area contributed by atoms with Crippen LogP contribution in [0.3, 0.4) is 0 Å². The van der Waals surface area contributed by atoms with Gasteiger partial charge < -0.3 is 10.4 Å². The molecule has 0 radical (unpaired) electrons. The molecule has 0 spiro atoms. The summed E-state index contributed by atoms with van der Waals surface area (Å²) in [5.41, 5.74) is 1.83. The molecule has 1 atom stereocenters. The van der Waals surface area contributed by atoms with Gasteiger partial charge in [-0.3, -0.25) is 14.3 Å². The summed E-state index contributed by atoms with van der Waals surface area (Å²) in [6.07, 6.45) is 1.88. The number of aromatic nitrogens is 2. The van der Waals surface area contributed by atoms with Crippen molar-refractivity contribution in [1.82, 2.24) is 9.78 Å². The molecular weight excluding hydrogens is 318 g/mol. The number of aryl methyl sites for hydroxylation is 1. The van der Waals surface area contributed by atoms with E-state index >= 15 is 0 Å². The predicted molar refractivity (Wildman–Crippen MR) is 87.8 cm³/mol. The summed E-state index contributed by atoms with van der Waals surface area (Å²) in [5.74, 6) is -1.61. The predicted octanol–water partition coefficient (Wildman–Crippen LogP) is 3.07. The number of carboxylic acid groups (broad SMARTS) is 1. The summed E-state index contributed by atoms with van der Waals surface area (Å²) in [6, 6.07) is 7.08. The van der Waals surface area contributed by atoms with Crippen molar-refractivity contribution in [2.24, 2.45) is 5.92 Å². The van der Waals surface area contributed by atoms with Crippen molar-refractivity contribution in [1.29, 1.82) is 0 Å². The number of anilines is 1. The second-order valence-electron chi connectivity index (χ2n) is 5.25. The lowest BCUT2D eigenvalue weighted by molar-refractivity contribution is -0.141. The van der Waals surface area contributed by atoms with Gasteiger partial charge in [-0.05, 0) is 31.0 Å². The zero-order chi connectivity index (χ0) is 17.0. The molecule has 0 aliphatic rings. The van der Waals surface area contributed by atoms with E-state index in [0.29, 0.717) is 29.4 Å². The molecule has 2 rings (SSSR count). The van der Waals surface area contributed by atoms with Crippen LogP contribution in [0.25, 0.3) is 0 Å². The smallest absolute Gasteiger partial charge is 0.306 e. The Morgan fingerprint density at radius 3 is 2.57 bits per heavy atom. The molecule has 0 saturated heterocycles. The standard InChI is InChI=1S/C16H18ClN3O3/c1-3-20-14(13(17)9-18-20)15(21)19-12-6-4-11(5-7-12)8-10(2)16(22)23/h4-7,9-10H,3,8H2,1-2H3,(H,19,21)(H,22,23). The monoisotopic (exact) mass is 335 g/mol. The minimum atomic E-state index is -0.829. The molecule has 7 heteroatoms. The number of carboxylic acids is 1. The number of hydrogen-bond acceptors (Lipinski definition) is 3. The van der Waals surface area contributed by atoms with E-state index in [2.05, 4.69) is 10.4 Å². The molecule has 6 nitrogen and oxygen atoms in total. The van der Waals surface area contributed by atoms with Gasteiger partial charge in [0.15, 0.2) is 0 Å². The van der Waals surface area contributed by atoms with Crippen LogP contribution in [0.5, 0.6) is 0 Å². The van der Waals surface area contributed by atoms with Gasteiger partial charge >= 0.3 is 5.97 Å². The van der Waals surface area contributed by atoms with E-state index < -0.39 is 11.9 Å². The Hall–Kier alpha value is -2.34. The number of amides is 1. The topological polar surface area (TPSA) is 84.2 Å². The van der Waals surface area contributed by atoms with Gasteiger partial charge in [0.1, 0.15) is 5.69 Å². The molecule has 1 aromatic heterocycles. The molecular formula is C16H18ClN3O3. The van der Waals surface area contributed by atoms with E-state index in [4.69, 9.17) is 16.7 Å². The van der Waals surface area contributed by atoms with E-state index in [9.17, 15) is 9.59 Å². The summed E-state index contributed by atoms with van der Waals surface area (Å²) in [6.45, 7) is 4.08. The van der Waals surface area contributed by atoms with E-state index in [1.165, 1.54) is 10.9 Å². The van der Waals surface area contributed by atoms with Crippen LogP contribution in [0.4, 0.5) is 5.69 Å². The van der Waals surface area contributed by atoms with Gasteiger partial charge in [-0.15, -0.1) is 0 Å². The van der Waals surface area contributed by atoms with Crippen molar-refractivity contribution in [3.05, 3.63) is 46.7 Å². The van der Waals surface area contributed by atoms with Crippen LogP contribution in [0.15, 0.2) is 30.5 Å². The van der Waals surface area contributed by atoms with E-state index in [1.807, 2.05) is 6.92 Å². The highest BCUT2D eigenvalue weighted by atomic mass is 35.5. The van der Waals surface area contributed by atoms with Gasteiger partial charge in [0.2, 0.25) is 0 Å². The number of carbonyl (C=O) groups is 2. The molecule has 0 aliphatic heterocycles. The molecule has 0 saturated carbocycles. The molecule has 0 fully saturated rings. The molecule has 1 amide bonds. The number of aliphatic carboxylic acids is 1. The van der Waals surface area contributed by atoms with Crippen LogP contribution in [0, 0.1) is 5.92 Å². The Morgan fingerprint density at radius 2 is 2.00 bits per heavy atom. The first-order valence-electron chi connectivity index (χ1n) is 7.26. The summed E-state index contributed by atoms with van der Waals surface area (Å²) in [5, 5.41) is 16.0. The minimum absolute atomic E-state index is 0.302. The van der Waals surface area contributed by atoms with Crippen molar-refractivity contribution in [3.8, 4) is 0 Å². The molecule has 2 N–H and O–H groups in total. The number of nitrogens with one attached hydrogen (secondary N) is 1. The van der Waals surface area contributed by atoms with Crippen molar-refractivity contribution in [2.45, 2.75) is 26.8 Å². The summed E-state index contributed by atoms with van der Waals surface area (Å²) >= 11 is 6.00. The highest BCUT2D eigenvalue weighted by Gasteiger charge is 2.17. The third-order valence-corrected chi connectivity index (χ3v) is 3.76. The molecule has 1 unspecified atom stereocenters. The first-order valence-corrected chi connectivity index (χ1v) is 7.64. The normalized spacial score (nSPS) is 12.0. The summed E-state index contributed by atoms with van der Waals surface area (Å²) < 4.78 is 1.53. The highest BCUT2D eigenvalue weighted by molar-refractivity contribution is 6.34. The fourth-order valence-corrected chi connectivity index (χ4v) is 2.41. The summed E-state index contributed by atoms with van der Waals surface area (Å²) in [4.78, 5) is 23.2. The number of nitrogens with zero attached hydrogens (tertiary/aromatic N) is 2. The molecule has 1 aromatic carbocycles. The third kappa shape index (κ3) is 4.10. The quantitative estimate of drug-likeness (QED) is 0.849. The van der Waals surface area contributed by atoms with Crippen LogP contribution in [-0.2, 0) is 17.8 Å². The molecule has 0 aliphatic carbocycles. The van der Waals surface area contributed by atoms with Crippen molar-refractivity contribution < 1.29 is 14.7 Å². The maximum atomic E-state index is 12.3. The van der Waals surface area contributed by atoms with Crippen LogP contribution < -0.4 is 5.32 Å². The van der Waals surface area contributed by atoms with Crippen LogP contribution >= 0.6 is 11.6 Å². The lowest BCUT2D eigenvalue weighted by atomic mass is 10.0. The lowest BCUT2D eigenvalue weighted by Crippen LogP contribution is -2.18. The van der Waals surface area contributed by atoms with E-state index in [1.54, 1.807) is 31.2 Å². The van der Waals surface area contributed by atoms with Gasteiger partial charge in [-0.25, -0.2) is 0 Å². The zero-order valence-corrected chi connectivity index (χ0v) is 13.7. The van der Waals surface area contributed by atoms with Crippen molar-refractivity contribution in [3.63, 3.8) is 0 Å². The lowest BCUT2D eigenvalue weighted by Gasteiger charge is -2.09. The molecule has 122 valence electrons. The van der Waals surface area contributed by atoms with E-state index in [-0.39, 0.29) is 5.91 Å². The van der Waals surface area contributed by atoms with Gasteiger partial charge in [0, 0.05) is 12.2 Å². The maximum absolute atomic E-state index is 12.3. The van der Waals surface area contributed by atoms with Gasteiger partial charge in [0.25, 0.3) is 5.91 Å². The average Bonchev–Trinajstić information content (AvgIpc) is 2.90. The Morgan fingerprint density at radius 1 is 1.35 bits per heavy atom. The SMILES string of the molecule is CCn1ncc(Cl)c1C(=O)Nc1ccc(CC(C)C(=O)O)cc1. The van der Waals surface area contributed by atoms with Crippen LogP contribution in [0.1, 0.15) is 29.9 Å². The number of halogens is 1. The molecule has 2 aromatic rings. The Bertz CT molecular complexity index is 710.